The zero-order valence-corrected chi connectivity index (χ0v) is 18.9. The number of amides is 2. The average molecular weight is 450 g/mol. The molecule has 7 nitrogen and oxygen atoms in total. The van der Waals surface area contributed by atoms with Crippen LogP contribution < -0.4 is 5.32 Å². The van der Waals surface area contributed by atoms with Gasteiger partial charge in [-0.3, -0.25) is 14.5 Å². The van der Waals surface area contributed by atoms with Crippen LogP contribution in [0.2, 0.25) is 0 Å². The van der Waals surface area contributed by atoms with Crippen molar-refractivity contribution in [2.45, 2.75) is 6.92 Å². The van der Waals surface area contributed by atoms with Crippen LogP contribution in [0.25, 0.3) is 22.3 Å². The fourth-order valence-corrected chi connectivity index (χ4v) is 4.41. The number of benzene rings is 1. The van der Waals surface area contributed by atoms with Crippen LogP contribution in [0, 0.1) is 0 Å². The minimum Gasteiger partial charge on any atom is -0.355 e. The van der Waals surface area contributed by atoms with Crippen molar-refractivity contribution in [3.8, 4) is 16.3 Å². The van der Waals surface area contributed by atoms with E-state index in [9.17, 15) is 9.59 Å². The molecule has 1 N–H and O–H groups in total. The molecule has 0 spiro atoms. The summed E-state index contributed by atoms with van der Waals surface area (Å²) in [6.45, 7) is 5.55. The second-order valence-electron chi connectivity index (χ2n) is 7.58. The van der Waals surface area contributed by atoms with Crippen LogP contribution in [0.4, 0.5) is 0 Å². The van der Waals surface area contributed by atoms with Gasteiger partial charge in [-0.25, -0.2) is 4.68 Å². The number of para-hydroxylation sites is 1. The normalized spacial score (nSPS) is 14.7. The highest BCUT2D eigenvalue weighted by Crippen LogP contribution is 2.28. The summed E-state index contributed by atoms with van der Waals surface area (Å²) < 4.78 is 1.85. The molecule has 166 valence electrons. The van der Waals surface area contributed by atoms with Gasteiger partial charge in [0, 0.05) is 50.6 Å². The fraction of sp³-hybridized carbons (Fsp3) is 0.292. The molecule has 3 aromatic rings. The Hall–Kier alpha value is -3.23. The third-order valence-electron chi connectivity index (χ3n) is 5.35. The standard InChI is InChI=1S/C24H27N5O2S/c1-2-25-22(30)18-27-12-14-28(15-13-27)23(31)11-10-19-17-29(20-7-4-3-5-8-20)26-24(19)21-9-6-16-32-21/h3-11,16-17H,2,12-15,18H2,1H3,(H,25,30)/b11-10+. The molecule has 3 heterocycles. The first kappa shape index (κ1) is 22.0. The summed E-state index contributed by atoms with van der Waals surface area (Å²) in [7, 11) is 0. The van der Waals surface area contributed by atoms with Gasteiger partial charge < -0.3 is 10.2 Å². The number of thiophene rings is 1. The Balaban J connectivity index is 1.44. The largest absolute Gasteiger partial charge is 0.355 e. The van der Waals surface area contributed by atoms with Crippen LogP contribution in [0.1, 0.15) is 12.5 Å². The van der Waals surface area contributed by atoms with Gasteiger partial charge in [0.05, 0.1) is 17.1 Å². The molecule has 0 aliphatic carbocycles. The lowest BCUT2D eigenvalue weighted by Gasteiger charge is -2.33. The lowest BCUT2D eigenvalue weighted by Crippen LogP contribution is -2.50. The number of hydrogen-bond acceptors (Lipinski definition) is 5. The maximum atomic E-state index is 12.8. The number of aromatic nitrogens is 2. The topological polar surface area (TPSA) is 70.5 Å². The zero-order chi connectivity index (χ0) is 22.3. The van der Waals surface area contributed by atoms with Crippen molar-refractivity contribution in [1.29, 1.82) is 0 Å². The van der Waals surface area contributed by atoms with E-state index in [0.717, 1.165) is 21.8 Å². The maximum Gasteiger partial charge on any atom is 0.246 e. The smallest absolute Gasteiger partial charge is 0.246 e. The zero-order valence-electron chi connectivity index (χ0n) is 18.1. The Kier molecular flexibility index (Phi) is 7.14. The Morgan fingerprint density at radius 2 is 1.88 bits per heavy atom. The van der Waals surface area contributed by atoms with Gasteiger partial charge in [0.1, 0.15) is 5.69 Å². The highest BCUT2D eigenvalue weighted by molar-refractivity contribution is 7.13. The first-order valence-corrected chi connectivity index (χ1v) is 11.7. The molecule has 0 unspecified atom stereocenters. The van der Waals surface area contributed by atoms with Gasteiger partial charge in [-0.05, 0) is 36.6 Å². The lowest BCUT2D eigenvalue weighted by molar-refractivity contribution is -0.128. The number of nitrogens with one attached hydrogen (secondary N) is 1. The van der Waals surface area contributed by atoms with Crippen LogP contribution >= 0.6 is 11.3 Å². The third-order valence-corrected chi connectivity index (χ3v) is 6.23. The highest BCUT2D eigenvalue weighted by atomic mass is 32.1. The van der Waals surface area contributed by atoms with Gasteiger partial charge in [0.15, 0.2) is 0 Å². The van der Waals surface area contributed by atoms with E-state index >= 15 is 0 Å². The van der Waals surface area contributed by atoms with Crippen LogP contribution in [0.15, 0.2) is 60.1 Å². The molecule has 0 atom stereocenters. The lowest BCUT2D eigenvalue weighted by atomic mass is 10.2. The summed E-state index contributed by atoms with van der Waals surface area (Å²) in [5.74, 6) is 0.0101. The summed E-state index contributed by atoms with van der Waals surface area (Å²) in [5, 5.41) is 9.61. The first-order valence-electron chi connectivity index (χ1n) is 10.8. The van der Waals surface area contributed by atoms with Crippen LogP contribution in [-0.2, 0) is 9.59 Å². The van der Waals surface area contributed by atoms with E-state index < -0.39 is 0 Å². The number of carbonyl (C=O) groups excluding carboxylic acids is 2. The average Bonchev–Trinajstić information content (AvgIpc) is 3.49. The molecular formula is C24H27N5O2S. The maximum absolute atomic E-state index is 12.8. The molecular weight excluding hydrogens is 422 g/mol. The van der Waals surface area contributed by atoms with Crippen molar-refractivity contribution < 1.29 is 9.59 Å². The third kappa shape index (κ3) is 5.33. The number of hydrogen-bond donors (Lipinski definition) is 1. The highest BCUT2D eigenvalue weighted by Gasteiger charge is 2.21. The van der Waals surface area contributed by atoms with Gasteiger partial charge in [-0.1, -0.05) is 24.3 Å². The molecule has 1 saturated heterocycles. The molecule has 2 aromatic heterocycles. The Labute approximate surface area is 192 Å². The molecule has 1 aliphatic rings. The van der Waals surface area contributed by atoms with Crippen LogP contribution in [0.3, 0.4) is 0 Å². The van der Waals surface area contributed by atoms with E-state index in [1.54, 1.807) is 17.4 Å². The fourth-order valence-electron chi connectivity index (χ4n) is 3.68. The number of likely N-dealkylation sites (N-methyl/N-ethyl adjacent to an activating group) is 1. The predicted octanol–water partition coefficient (Wildman–Crippen LogP) is 2.89. The van der Waals surface area contributed by atoms with Gasteiger partial charge in [0.2, 0.25) is 11.8 Å². The molecule has 2 amide bonds. The Morgan fingerprint density at radius 3 is 2.56 bits per heavy atom. The quantitative estimate of drug-likeness (QED) is 0.563. The van der Waals surface area contributed by atoms with Gasteiger partial charge >= 0.3 is 0 Å². The molecule has 1 fully saturated rings. The summed E-state index contributed by atoms with van der Waals surface area (Å²) in [6, 6.07) is 14.0. The van der Waals surface area contributed by atoms with E-state index in [0.29, 0.717) is 39.3 Å². The van der Waals surface area contributed by atoms with Crippen molar-refractivity contribution in [2.75, 3.05) is 39.3 Å². The van der Waals surface area contributed by atoms with Crippen molar-refractivity contribution in [1.82, 2.24) is 24.9 Å². The SMILES string of the molecule is CCNC(=O)CN1CCN(C(=O)/C=C/c2cn(-c3ccccc3)nc2-c2cccs2)CC1. The van der Waals surface area contributed by atoms with Crippen molar-refractivity contribution in [3.63, 3.8) is 0 Å². The second-order valence-corrected chi connectivity index (χ2v) is 8.53. The van der Waals surface area contributed by atoms with Gasteiger partial charge in [0.25, 0.3) is 0 Å². The molecule has 1 aromatic carbocycles. The monoisotopic (exact) mass is 449 g/mol. The number of piperazine rings is 1. The molecule has 0 radical (unpaired) electrons. The minimum atomic E-state index is -0.0211. The van der Waals surface area contributed by atoms with Gasteiger partial charge in [-0.2, -0.15) is 5.10 Å². The minimum absolute atomic E-state index is 0.0211. The Morgan fingerprint density at radius 1 is 1.09 bits per heavy atom. The molecule has 8 heteroatoms. The van der Waals surface area contributed by atoms with Crippen molar-refractivity contribution in [2.24, 2.45) is 0 Å². The van der Waals surface area contributed by atoms with E-state index in [1.165, 1.54) is 0 Å². The summed E-state index contributed by atoms with van der Waals surface area (Å²) in [4.78, 5) is 29.5. The number of carbonyl (C=O) groups is 2. The predicted molar refractivity (Wildman–Crippen MR) is 128 cm³/mol. The van der Waals surface area contributed by atoms with Crippen molar-refractivity contribution in [3.05, 3.63) is 65.7 Å². The summed E-state index contributed by atoms with van der Waals surface area (Å²) in [6.07, 6.45) is 5.44. The van der Waals surface area contributed by atoms with E-state index in [2.05, 4.69) is 10.2 Å². The molecule has 0 saturated carbocycles. The summed E-state index contributed by atoms with van der Waals surface area (Å²) in [5.41, 5.74) is 2.73. The second kappa shape index (κ2) is 10.4. The molecule has 4 rings (SSSR count). The van der Waals surface area contributed by atoms with Crippen LogP contribution in [-0.4, -0.2) is 70.7 Å². The number of nitrogens with zero attached hydrogens (tertiary/aromatic N) is 4. The Bertz CT molecular complexity index is 1070. The van der Waals surface area contributed by atoms with E-state index in [4.69, 9.17) is 5.10 Å². The molecule has 0 bridgehead atoms. The van der Waals surface area contributed by atoms with E-state index in [-0.39, 0.29) is 11.8 Å². The van der Waals surface area contributed by atoms with Crippen LogP contribution in [0.5, 0.6) is 0 Å². The summed E-state index contributed by atoms with van der Waals surface area (Å²) >= 11 is 1.63. The van der Waals surface area contributed by atoms with Gasteiger partial charge in [-0.15, -0.1) is 11.3 Å². The first-order chi connectivity index (χ1) is 15.6. The molecule has 32 heavy (non-hydrogen) atoms. The van der Waals surface area contributed by atoms with Crippen molar-refractivity contribution >= 4 is 29.2 Å². The molecule has 1 aliphatic heterocycles. The van der Waals surface area contributed by atoms with E-state index in [1.807, 2.05) is 76.6 Å². The number of rotatable bonds is 7.